The van der Waals surface area contributed by atoms with Crippen molar-refractivity contribution in [2.45, 2.75) is 20.0 Å². The first-order valence-corrected chi connectivity index (χ1v) is 8.95. The van der Waals surface area contributed by atoms with Crippen LogP contribution in [0.2, 0.25) is 0 Å². The van der Waals surface area contributed by atoms with Gasteiger partial charge in [0.05, 0.1) is 17.7 Å². The van der Waals surface area contributed by atoms with Crippen LogP contribution in [-0.4, -0.2) is 17.7 Å². The van der Waals surface area contributed by atoms with E-state index < -0.39 is 0 Å². The molecule has 0 aliphatic heterocycles. The topological polar surface area (TPSA) is 55.8 Å². The molecule has 0 aliphatic rings. The molecule has 0 aliphatic carbocycles. The van der Waals surface area contributed by atoms with E-state index in [9.17, 15) is 9.90 Å². The minimum atomic E-state index is -0.374. The summed E-state index contributed by atoms with van der Waals surface area (Å²) in [5.74, 6) is 0.276. The second-order valence-corrected chi connectivity index (χ2v) is 6.14. The molecule has 4 nitrogen and oxygen atoms in total. The summed E-state index contributed by atoms with van der Waals surface area (Å²) in [7, 11) is 0. The van der Waals surface area contributed by atoms with Crippen molar-refractivity contribution in [2.75, 3.05) is 6.61 Å². The Morgan fingerprint density at radius 3 is 2.52 bits per heavy atom. The molecule has 0 spiro atoms. The van der Waals surface area contributed by atoms with Gasteiger partial charge < -0.3 is 14.6 Å². The van der Waals surface area contributed by atoms with Crippen molar-refractivity contribution >= 4 is 5.97 Å². The minimum Gasteiger partial charge on any atom is -0.507 e. The number of rotatable bonds is 7. The van der Waals surface area contributed by atoms with Crippen molar-refractivity contribution in [1.82, 2.24) is 0 Å². The van der Waals surface area contributed by atoms with Gasteiger partial charge in [0, 0.05) is 0 Å². The predicted molar refractivity (Wildman–Crippen MR) is 105 cm³/mol. The first-order chi connectivity index (χ1) is 13.2. The quantitative estimate of drug-likeness (QED) is 0.587. The van der Waals surface area contributed by atoms with Gasteiger partial charge >= 0.3 is 5.97 Å². The standard InChI is InChI=1S/C23H22O4/c1-2-14-26-23(25)19-11-6-10-18(15-19)22-20(24)12-7-13-21(22)27-16-17-8-4-3-5-9-17/h3-13,15,24H,2,14,16H2,1H3. The SMILES string of the molecule is CCCOC(=O)c1cccc(-c2c(O)cccc2OCc2ccccc2)c1. The van der Waals surface area contributed by atoms with Crippen LogP contribution >= 0.6 is 0 Å². The highest BCUT2D eigenvalue weighted by Crippen LogP contribution is 2.38. The summed E-state index contributed by atoms with van der Waals surface area (Å²) >= 11 is 0. The zero-order valence-corrected chi connectivity index (χ0v) is 15.2. The number of aromatic hydroxyl groups is 1. The summed E-state index contributed by atoms with van der Waals surface area (Å²) in [5.41, 5.74) is 2.72. The van der Waals surface area contributed by atoms with Crippen molar-refractivity contribution in [3.8, 4) is 22.6 Å². The van der Waals surface area contributed by atoms with Crippen molar-refractivity contribution in [3.63, 3.8) is 0 Å². The molecule has 0 bridgehead atoms. The molecule has 0 radical (unpaired) electrons. The lowest BCUT2D eigenvalue weighted by Gasteiger charge is -2.14. The van der Waals surface area contributed by atoms with Gasteiger partial charge in [-0.1, -0.05) is 55.5 Å². The van der Waals surface area contributed by atoms with Crippen LogP contribution in [0, 0.1) is 0 Å². The molecule has 0 unspecified atom stereocenters. The van der Waals surface area contributed by atoms with E-state index in [0.717, 1.165) is 12.0 Å². The lowest BCUT2D eigenvalue weighted by molar-refractivity contribution is 0.0505. The third-order valence-corrected chi connectivity index (χ3v) is 4.07. The van der Waals surface area contributed by atoms with Gasteiger partial charge in [0.15, 0.2) is 0 Å². The van der Waals surface area contributed by atoms with Crippen LogP contribution in [0.15, 0.2) is 72.8 Å². The predicted octanol–water partition coefficient (Wildman–Crippen LogP) is 5.21. The average Bonchev–Trinajstić information content (AvgIpc) is 2.71. The lowest BCUT2D eigenvalue weighted by atomic mass is 10.0. The van der Waals surface area contributed by atoms with Gasteiger partial charge in [-0.25, -0.2) is 4.79 Å². The van der Waals surface area contributed by atoms with Gasteiger partial charge in [0.1, 0.15) is 18.1 Å². The Morgan fingerprint density at radius 1 is 0.963 bits per heavy atom. The zero-order valence-electron chi connectivity index (χ0n) is 15.2. The third kappa shape index (κ3) is 4.67. The van der Waals surface area contributed by atoms with Crippen LogP contribution in [0.1, 0.15) is 29.3 Å². The molecular weight excluding hydrogens is 340 g/mol. The van der Waals surface area contributed by atoms with Gasteiger partial charge in [0.2, 0.25) is 0 Å². The smallest absolute Gasteiger partial charge is 0.338 e. The Balaban J connectivity index is 1.89. The number of hydrogen-bond donors (Lipinski definition) is 1. The maximum Gasteiger partial charge on any atom is 0.338 e. The highest BCUT2D eigenvalue weighted by atomic mass is 16.5. The summed E-state index contributed by atoms with van der Waals surface area (Å²) in [4.78, 5) is 12.2. The maximum atomic E-state index is 12.2. The van der Waals surface area contributed by atoms with Gasteiger partial charge in [-0.3, -0.25) is 0 Å². The van der Waals surface area contributed by atoms with E-state index >= 15 is 0 Å². The Hall–Kier alpha value is -3.27. The van der Waals surface area contributed by atoms with Crippen LogP contribution in [0.4, 0.5) is 0 Å². The van der Waals surface area contributed by atoms with Gasteiger partial charge in [-0.15, -0.1) is 0 Å². The molecule has 3 aromatic carbocycles. The second-order valence-electron chi connectivity index (χ2n) is 6.14. The minimum absolute atomic E-state index is 0.0969. The van der Waals surface area contributed by atoms with Crippen LogP contribution < -0.4 is 4.74 Å². The average molecular weight is 362 g/mol. The Bertz CT molecular complexity index is 903. The monoisotopic (exact) mass is 362 g/mol. The number of phenolic OH excluding ortho intramolecular Hbond substituents is 1. The lowest BCUT2D eigenvalue weighted by Crippen LogP contribution is -2.06. The van der Waals surface area contributed by atoms with Gasteiger partial charge in [0.25, 0.3) is 0 Å². The summed E-state index contributed by atoms with van der Waals surface area (Å²) in [6, 6.07) is 22.0. The van der Waals surface area contributed by atoms with E-state index in [1.54, 1.807) is 36.4 Å². The molecule has 0 saturated heterocycles. The number of ether oxygens (including phenoxy) is 2. The summed E-state index contributed by atoms with van der Waals surface area (Å²) in [6.45, 7) is 2.71. The largest absolute Gasteiger partial charge is 0.507 e. The molecule has 0 amide bonds. The molecule has 0 aromatic heterocycles. The third-order valence-electron chi connectivity index (χ3n) is 4.07. The Kier molecular flexibility index (Phi) is 6.10. The fourth-order valence-electron chi connectivity index (χ4n) is 2.75. The zero-order chi connectivity index (χ0) is 19.1. The van der Waals surface area contributed by atoms with Crippen LogP contribution in [0.3, 0.4) is 0 Å². The molecule has 4 heteroatoms. The highest BCUT2D eigenvalue weighted by Gasteiger charge is 2.15. The number of carbonyl (C=O) groups excluding carboxylic acids is 1. The van der Waals surface area contributed by atoms with E-state index in [1.165, 1.54) is 0 Å². The highest BCUT2D eigenvalue weighted by molar-refractivity contribution is 5.92. The first-order valence-electron chi connectivity index (χ1n) is 8.95. The van der Waals surface area contributed by atoms with E-state index in [4.69, 9.17) is 9.47 Å². The number of benzene rings is 3. The molecule has 0 heterocycles. The van der Waals surface area contributed by atoms with Crippen LogP contribution in [0.5, 0.6) is 11.5 Å². The molecular formula is C23H22O4. The van der Waals surface area contributed by atoms with E-state index in [0.29, 0.717) is 35.7 Å². The van der Waals surface area contributed by atoms with E-state index in [1.807, 2.05) is 43.3 Å². The number of carbonyl (C=O) groups is 1. The van der Waals surface area contributed by atoms with E-state index in [-0.39, 0.29) is 11.7 Å². The molecule has 3 aromatic rings. The maximum absolute atomic E-state index is 12.2. The molecule has 3 rings (SSSR count). The van der Waals surface area contributed by atoms with Crippen molar-refractivity contribution in [2.24, 2.45) is 0 Å². The Morgan fingerprint density at radius 2 is 1.74 bits per heavy atom. The molecule has 138 valence electrons. The van der Waals surface area contributed by atoms with Crippen molar-refractivity contribution in [3.05, 3.63) is 83.9 Å². The normalized spacial score (nSPS) is 10.4. The van der Waals surface area contributed by atoms with Crippen molar-refractivity contribution in [1.29, 1.82) is 0 Å². The fourth-order valence-corrected chi connectivity index (χ4v) is 2.75. The molecule has 27 heavy (non-hydrogen) atoms. The van der Waals surface area contributed by atoms with Gasteiger partial charge in [-0.2, -0.15) is 0 Å². The number of esters is 1. The van der Waals surface area contributed by atoms with Gasteiger partial charge in [-0.05, 0) is 41.8 Å². The van der Waals surface area contributed by atoms with Crippen LogP contribution in [-0.2, 0) is 11.3 Å². The number of phenols is 1. The molecule has 1 N–H and O–H groups in total. The fraction of sp³-hybridized carbons (Fsp3) is 0.174. The first kappa shape index (κ1) is 18.5. The second kappa shape index (κ2) is 8.90. The Labute approximate surface area is 159 Å². The van der Waals surface area contributed by atoms with Crippen LogP contribution in [0.25, 0.3) is 11.1 Å². The summed E-state index contributed by atoms with van der Waals surface area (Å²) < 4.78 is 11.1. The van der Waals surface area contributed by atoms with Crippen molar-refractivity contribution < 1.29 is 19.4 Å². The molecule has 0 atom stereocenters. The number of hydrogen-bond acceptors (Lipinski definition) is 4. The molecule has 0 fully saturated rings. The molecule has 0 saturated carbocycles. The van der Waals surface area contributed by atoms with E-state index in [2.05, 4.69) is 0 Å². The summed E-state index contributed by atoms with van der Waals surface area (Å²) in [5, 5.41) is 10.4. The summed E-state index contributed by atoms with van der Waals surface area (Å²) in [6.07, 6.45) is 0.766.